The summed E-state index contributed by atoms with van der Waals surface area (Å²) < 4.78 is 4.88. The summed E-state index contributed by atoms with van der Waals surface area (Å²) in [6, 6.07) is -0.349. The molecule has 5 nitrogen and oxygen atoms in total. The number of carboxylic acids is 1. The van der Waals surface area contributed by atoms with Crippen LogP contribution in [0.2, 0.25) is 0 Å². The second kappa shape index (κ2) is 8.15. The van der Waals surface area contributed by atoms with Gasteiger partial charge in [0.05, 0.1) is 12.5 Å². The Morgan fingerprint density at radius 2 is 1.89 bits per heavy atom. The Balaban J connectivity index is 4.02. The number of carboxylic acid groups (broad SMARTS) is 1. The lowest BCUT2D eigenvalue weighted by Crippen LogP contribution is -2.36. The van der Waals surface area contributed by atoms with Crippen LogP contribution in [0.1, 0.15) is 47.5 Å². The molecule has 0 aliphatic heterocycles. The average molecular weight is 273 g/mol. The summed E-state index contributed by atoms with van der Waals surface area (Å²) in [7, 11) is 0. The second-order valence-corrected chi connectivity index (χ2v) is 5.83. The molecule has 0 aromatic rings. The van der Waals surface area contributed by atoms with Gasteiger partial charge in [-0.25, -0.2) is 0 Å². The maximum absolute atomic E-state index is 11.4. The molecule has 0 radical (unpaired) electrons. The van der Waals surface area contributed by atoms with E-state index in [9.17, 15) is 14.7 Å². The number of carbonyl (C=O) groups excluding carboxylic acids is 1. The molecule has 0 aromatic heterocycles. The van der Waals surface area contributed by atoms with Gasteiger partial charge in [0.15, 0.2) is 0 Å². The summed E-state index contributed by atoms with van der Waals surface area (Å²) in [5.41, 5.74) is -0.251. The molecule has 2 unspecified atom stereocenters. The van der Waals surface area contributed by atoms with Crippen LogP contribution in [-0.2, 0) is 14.3 Å². The van der Waals surface area contributed by atoms with E-state index < -0.39 is 5.97 Å². The highest BCUT2D eigenvalue weighted by molar-refractivity contribution is 5.75. The lowest BCUT2D eigenvalue weighted by molar-refractivity contribution is -0.147. The van der Waals surface area contributed by atoms with E-state index in [2.05, 4.69) is 5.32 Å². The lowest BCUT2D eigenvalue weighted by Gasteiger charge is -2.27. The molecule has 0 bridgehead atoms. The minimum absolute atomic E-state index is 0.251. The summed E-state index contributed by atoms with van der Waals surface area (Å²) >= 11 is 0. The zero-order valence-electron chi connectivity index (χ0n) is 12.7. The first kappa shape index (κ1) is 17.9. The third-order valence-corrected chi connectivity index (χ3v) is 3.10. The van der Waals surface area contributed by atoms with E-state index in [4.69, 9.17) is 4.74 Å². The monoisotopic (exact) mass is 273 g/mol. The molecule has 0 heterocycles. The standard InChI is InChI=1S/C14H27NO4/c1-6-19-13(18)10(2)15-9-7-8-11(12(16)17)14(3,4)5/h10-11,15H,6-9H2,1-5H3,(H,16,17). The highest BCUT2D eigenvalue weighted by Crippen LogP contribution is 2.29. The number of rotatable bonds is 8. The summed E-state index contributed by atoms with van der Waals surface area (Å²) in [6.45, 7) is 10.3. The van der Waals surface area contributed by atoms with Crippen LogP contribution in [-0.4, -0.2) is 36.2 Å². The zero-order chi connectivity index (χ0) is 15.1. The van der Waals surface area contributed by atoms with Gasteiger partial charge in [0.25, 0.3) is 0 Å². The van der Waals surface area contributed by atoms with Gasteiger partial charge in [0.2, 0.25) is 0 Å². The molecule has 0 amide bonds. The van der Waals surface area contributed by atoms with Gasteiger partial charge < -0.3 is 15.2 Å². The van der Waals surface area contributed by atoms with Crippen molar-refractivity contribution in [3.8, 4) is 0 Å². The van der Waals surface area contributed by atoms with E-state index in [-0.39, 0.29) is 23.3 Å². The predicted molar refractivity (Wildman–Crippen MR) is 73.9 cm³/mol. The Kier molecular flexibility index (Phi) is 7.68. The molecular formula is C14H27NO4. The molecule has 0 fully saturated rings. The normalized spacial score (nSPS) is 14.8. The van der Waals surface area contributed by atoms with Crippen LogP contribution in [0.25, 0.3) is 0 Å². The van der Waals surface area contributed by atoms with E-state index >= 15 is 0 Å². The smallest absolute Gasteiger partial charge is 0.322 e. The van der Waals surface area contributed by atoms with Crippen LogP contribution in [0.15, 0.2) is 0 Å². The quantitative estimate of drug-likeness (QED) is 0.523. The fourth-order valence-electron chi connectivity index (χ4n) is 1.90. The van der Waals surface area contributed by atoms with Crippen molar-refractivity contribution in [2.24, 2.45) is 11.3 Å². The number of hydrogen-bond donors (Lipinski definition) is 2. The van der Waals surface area contributed by atoms with Crippen LogP contribution < -0.4 is 5.32 Å². The minimum atomic E-state index is -0.758. The minimum Gasteiger partial charge on any atom is -0.481 e. The summed E-state index contributed by atoms with van der Waals surface area (Å²) in [5, 5.41) is 12.2. The molecule has 2 N–H and O–H groups in total. The van der Waals surface area contributed by atoms with Gasteiger partial charge in [-0.1, -0.05) is 20.8 Å². The van der Waals surface area contributed by atoms with Gasteiger partial charge in [0, 0.05) is 0 Å². The van der Waals surface area contributed by atoms with Gasteiger partial charge in [0.1, 0.15) is 6.04 Å². The summed E-state index contributed by atoms with van der Waals surface area (Å²) in [6.07, 6.45) is 1.32. The highest BCUT2D eigenvalue weighted by atomic mass is 16.5. The zero-order valence-corrected chi connectivity index (χ0v) is 12.7. The van der Waals surface area contributed by atoms with E-state index in [0.29, 0.717) is 19.6 Å². The molecule has 0 rings (SSSR count). The summed E-state index contributed by atoms with van der Waals surface area (Å²) in [5.74, 6) is -1.40. The van der Waals surface area contributed by atoms with Gasteiger partial charge in [-0.3, -0.25) is 9.59 Å². The Hall–Kier alpha value is -1.10. The average Bonchev–Trinajstić information content (AvgIpc) is 2.26. The van der Waals surface area contributed by atoms with E-state index in [1.165, 1.54) is 0 Å². The van der Waals surface area contributed by atoms with Crippen molar-refractivity contribution in [1.29, 1.82) is 0 Å². The first-order chi connectivity index (χ1) is 8.70. The molecule has 0 saturated carbocycles. The first-order valence-electron chi connectivity index (χ1n) is 6.83. The molecule has 0 saturated heterocycles. The molecular weight excluding hydrogens is 246 g/mol. The largest absolute Gasteiger partial charge is 0.481 e. The Morgan fingerprint density at radius 1 is 1.32 bits per heavy atom. The molecule has 19 heavy (non-hydrogen) atoms. The van der Waals surface area contributed by atoms with Crippen molar-refractivity contribution >= 4 is 11.9 Å². The van der Waals surface area contributed by atoms with Gasteiger partial charge in [-0.2, -0.15) is 0 Å². The molecule has 2 atom stereocenters. The molecule has 0 aromatic carbocycles. The van der Waals surface area contributed by atoms with Crippen LogP contribution in [0.3, 0.4) is 0 Å². The Morgan fingerprint density at radius 3 is 2.32 bits per heavy atom. The third-order valence-electron chi connectivity index (χ3n) is 3.10. The van der Waals surface area contributed by atoms with Crippen molar-refractivity contribution in [1.82, 2.24) is 5.32 Å². The maximum atomic E-state index is 11.4. The van der Waals surface area contributed by atoms with Crippen molar-refractivity contribution in [2.75, 3.05) is 13.2 Å². The third kappa shape index (κ3) is 7.15. The number of esters is 1. The van der Waals surface area contributed by atoms with Gasteiger partial charge >= 0.3 is 11.9 Å². The first-order valence-corrected chi connectivity index (χ1v) is 6.83. The van der Waals surface area contributed by atoms with Gasteiger partial charge in [-0.05, 0) is 38.6 Å². The van der Waals surface area contributed by atoms with Crippen LogP contribution >= 0.6 is 0 Å². The number of aliphatic carboxylic acids is 1. The lowest BCUT2D eigenvalue weighted by atomic mass is 9.78. The van der Waals surface area contributed by atoms with Crippen LogP contribution in [0.4, 0.5) is 0 Å². The molecule has 0 aliphatic rings. The Labute approximate surface area is 115 Å². The van der Waals surface area contributed by atoms with Crippen LogP contribution in [0.5, 0.6) is 0 Å². The fourth-order valence-corrected chi connectivity index (χ4v) is 1.90. The molecule has 5 heteroatoms. The Bertz CT molecular complexity index is 296. The topological polar surface area (TPSA) is 75.6 Å². The van der Waals surface area contributed by atoms with Gasteiger partial charge in [-0.15, -0.1) is 0 Å². The number of nitrogens with one attached hydrogen (secondary N) is 1. The number of hydrogen-bond acceptors (Lipinski definition) is 4. The van der Waals surface area contributed by atoms with Crippen molar-refractivity contribution in [3.63, 3.8) is 0 Å². The van der Waals surface area contributed by atoms with Crippen molar-refractivity contribution in [2.45, 2.75) is 53.5 Å². The molecule has 112 valence electrons. The second-order valence-electron chi connectivity index (χ2n) is 5.83. The SMILES string of the molecule is CCOC(=O)C(C)NCCCC(C(=O)O)C(C)(C)C. The van der Waals surface area contributed by atoms with Crippen molar-refractivity contribution < 1.29 is 19.4 Å². The number of carbonyl (C=O) groups is 2. The molecule has 0 spiro atoms. The van der Waals surface area contributed by atoms with E-state index in [1.807, 2.05) is 20.8 Å². The van der Waals surface area contributed by atoms with E-state index in [1.54, 1.807) is 13.8 Å². The summed E-state index contributed by atoms with van der Waals surface area (Å²) in [4.78, 5) is 22.5. The van der Waals surface area contributed by atoms with Crippen LogP contribution in [0, 0.1) is 11.3 Å². The molecule has 0 aliphatic carbocycles. The maximum Gasteiger partial charge on any atom is 0.322 e. The highest BCUT2D eigenvalue weighted by Gasteiger charge is 2.30. The predicted octanol–water partition coefficient (Wildman–Crippen LogP) is 2.05. The van der Waals surface area contributed by atoms with Crippen molar-refractivity contribution in [3.05, 3.63) is 0 Å². The number of ether oxygens (including phenoxy) is 1. The fraction of sp³-hybridized carbons (Fsp3) is 0.857. The van der Waals surface area contributed by atoms with E-state index in [0.717, 1.165) is 6.42 Å².